The molecule has 3 aromatic carbocycles. The highest BCUT2D eigenvalue weighted by molar-refractivity contribution is 7.92. The van der Waals surface area contributed by atoms with Crippen molar-refractivity contribution >= 4 is 27.5 Å². The van der Waals surface area contributed by atoms with E-state index >= 15 is 0 Å². The topological polar surface area (TPSA) is 105 Å². The van der Waals surface area contributed by atoms with Gasteiger partial charge >= 0.3 is 0 Å². The molecule has 0 saturated heterocycles. The first-order chi connectivity index (χ1) is 20.2. The van der Waals surface area contributed by atoms with Gasteiger partial charge in [0.1, 0.15) is 12.6 Å². The van der Waals surface area contributed by atoms with E-state index in [1.54, 1.807) is 24.3 Å². The molecular weight excluding hydrogens is 566 g/mol. The number of rotatable bonds is 12. The molecule has 9 nitrogen and oxygen atoms in total. The van der Waals surface area contributed by atoms with Crippen LogP contribution >= 0.6 is 0 Å². The number of sulfonamides is 1. The lowest BCUT2D eigenvalue weighted by Gasteiger charge is -2.35. The number of carbonyl (C=O) groups excluding carboxylic acids is 2. The van der Waals surface area contributed by atoms with Crippen LogP contribution in [0.5, 0.6) is 11.5 Å². The lowest BCUT2D eigenvalue weighted by molar-refractivity contribution is -0.141. The van der Waals surface area contributed by atoms with Gasteiger partial charge < -0.3 is 19.7 Å². The molecule has 43 heavy (non-hydrogen) atoms. The molecule has 232 valence electrons. The number of hydrogen-bond acceptors (Lipinski definition) is 6. The first-order valence-corrected chi connectivity index (χ1v) is 15.6. The number of methoxy groups -OCH3 is 2. The van der Waals surface area contributed by atoms with Crippen molar-refractivity contribution < 1.29 is 27.5 Å². The van der Waals surface area contributed by atoms with Gasteiger partial charge in [-0.1, -0.05) is 54.4 Å². The number of carbonyl (C=O) groups is 2. The van der Waals surface area contributed by atoms with E-state index in [0.717, 1.165) is 21.0 Å². The summed E-state index contributed by atoms with van der Waals surface area (Å²) in [6.45, 7) is 10.9. The fraction of sp³-hybridized carbons (Fsp3) is 0.394. The minimum atomic E-state index is -4.22. The summed E-state index contributed by atoms with van der Waals surface area (Å²) in [6.07, 6.45) is 0.334. The molecule has 2 amide bonds. The molecule has 0 heterocycles. The van der Waals surface area contributed by atoms with Gasteiger partial charge in [-0.3, -0.25) is 13.9 Å². The zero-order chi connectivity index (χ0) is 31.9. The van der Waals surface area contributed by atoms with Gasteiger partial charge in [-0.2, -0.15) is 0 Å². The Bertz CT molecular complexity index is 1510. The molecule has 0 spiro atoms. The van der Waals surface area contributed by atoms with E-state index < -0.39 is 34.1 Å². The Morgan fingerprint density at radius 3 is 1.93 bits per heavy atom. The summed E-state index contributed by atoms with van der Waals surface area (Å²) in [5.41, 5.74) is 2.47. The van der Waals surface area contributed by atoms with Crippen LogP contribution in [0.4, 0.5) is 5.69 Å². The highest BCUT2D eigenvalue weighted by atomic mass is 32.2. The minimum Gasteiger partial charge on any atom is -0.493 e. The van der Waals surface area contributed by atoms with Gasteiger partial charge in [0.2, 0.25) is 11.8 Å². The lowest BCUT2D eigenvalue weighted by atomic mass is 10.1. The van der Waals surface area contributed by atoms with E-state index in [1.165, 1.54) is 37.3 Å². The fourth-order valence-electron chi connectivity index (χ4n) is 4.61. The highest BCUT2D eigenvalue weighted by Crippen LogP contribution is 2.34. The third-order valence-corrected chi connectivity index (χ3v) is 8.69. The fourth-order valence-corrected chi connectivity index (χ4v) is 6.01. The molecule has 0 fully saturated rings. The Morgan fingerprint density at radius 1 is 0.860 bits per heavy atom. The third-order valence-electron chi connectivity index (χ3n) is 6.90. The molecule has 0 aliphatic carbocycles. The SMILES string of the molecule is CCC(C(=O)NC(C)(C)C)N(Cc1ccc(C)cc1)C(=O)CN(c1ccc(OC)c(OC)c1)S(=O)(=O)c1ccc(C)cc1. The Labute approximate surface area is 255 Å². The maximum absolute atomic E-state index is 14.3. The molecule has 0 saturated carbocycles. The molecule has 0 aliphatic rings. The van der Waals surface area contributed by atoms with Crippen LogP contribution in [-0.4, -0.2) is 57.5 Å². The van der Waals surface area contributed by atoms with Gasteiger partial charge in [0, 0.05) is 18.2 Å². The van der Waals surface area contributed by atoms with Gasteiger partial charge in [-0.05, 0) is 70.9 Å². The van der Waals surface area contributed by atoms with E-state index in [-0.39, 0.29) is 23.0 Å². The lowest BCUT2D eigenvalue weighted by Crippen LogP contribution is -2.55. The zero-order valence-electron chi connectivity index (χ0n) is 26.3. The standard InChI is InChI=1S/C33H43N3O6S/c1-9-28(32(38)34-33(4,5)6)35(21-25-14-10-23(2)11-15-25)31(37)22-36(26-16-19-29(41-7)30(20-26)42-8)43(39,40)27-17-12-24(3)13-18-27/h10-20,28H,9,21-22H2,1-8H3,(H,34,38). The van der Waals surface area contributed by atoms with Crippen LogP contribution in [0.3, 0.4) is 0 Å². The van der Waals surface area contributed by atoms with Gasteiger partial charge in [-0.25, -0.2) is 8.42 Å². The first kappa shape index (κ1) is 33.5. The van der Waals surface area contributed by atoms with E-state index in [4.69, 9.17) is 9.47 Å². The zero-order valence-corrected chi connectivity index (χ0v) is 27.1. The molecule has 0 bridgehead atoms. The predicted octanol–water partition coefficient (Wildman–Crippen LogP) is 5.24. The number of benzene rings is 3. The summed E-state index contributed by atoms with van der Waals surface area (Å²) in [7, 11) is -1.28. The van der Waals surface area contributed by atoms with Crippen molar-refractivity contribution in [2.75, 3.05) is 25.1 Å². The third kappa shape index (κ3) is 8.50. The van der Waals surface area contributed by atoms with Crippen molar-refractivity contribution in [2.24, 2.45) is 0 Å². The second-order valence-electron chi connectivity index (χ2n) is 11.5. The summed E-state index contributed by atoms with van der Waals surface area (Å²) in [6, 6.07) is 18.0. The van der Waals surface area contributed by atoms with E-state index in [0.29, 0.717) is 17.9 Å². The van der Waals surface area contributed by atoms with Gasteiger partial charge in [0.15, 0.2) is 11.5 Å². The highest BCUT2D eigenvalue weighted by Gasteiger charge is 2.35. The second-order valence-corrected chi connectivity index (χ2v) is 13.4. The molecule has 0 aliphatic heterocycles. The molecular formula is C33H43N3O6S. The van der Waals surface area contributed by atoms with Crippen molar-refractivity contribution in [3.8, 4) is 11.5 Å². The molecule has 3 aromatic rings. The Morgan fingerprint density at radius 2 is 1.42 bits per heavy atom. The minimum absolute atomic E-state index is 0.0308. The maximum Gasteiger partial charge on any atom is 0.264 e. The van der Waals surface area contributed by atoms with Crippen LogP contribution in [0.25, 0.3) is 0 Å². The summed E-state index contributed by atoms with van der Waals surface area (Å²) in [5, 5.41) is 2.98. The molecule has 0 radical (unpaired) electrons. The van der Waals surface area contributed by atoms with E-state index in [9.17, 15) is 18.0 Å². The van der Waals surface area contributed by atoms with E-state index in [1.807, 2.05) is 65.8 Å². The monoisotopic (exact) mass is 609 g/mol. The van der Waals surface area contributed by atoms with Gasteiger partial charge in [0.05, 0.1) is 24.8 Å². The Balaban J connectivity index is 2.12. The molecule has 3 rings (SSSR count). The summed E-state index contributed by atoms with van der Waals surface area (Å²) < 4.78 is 40.1. The largest absolute Gasteiger partial charge is 0.493 e. The van der Waals surface area contributed by atoms with Crippen LogP contribution in [0, 0.1) is 13.8 Å². The van der Waals surface area contributed by atoms with Crippen LogP contribution in [0.1, 0.15) is 50.8 Å². The normalized spacial score (nSPS) is 12.3. The summed E-state index contributed by atoms with van der Waals surface area (Å²) >= 11 is 0. The second kappa shape index (κ2) is 13.9. The van der Waals surface area contributed by atoms with Crippen molar-refractivity contribution in [3.63, 3.8) is 0 Å². The number of hydrogen-bond donors (Lipinski definition) is 1. The molecule has 10 heteroatoms. The van der Waals surface area contributed by atoms with Crippen LogP contribution in [-0.2, 0) is 26.2 Å². The Hall–Kier alpha value is -4.05. The number of aryl methyl sites for hydroxylation is 2. The number of anilines is 1. The quantitative estimate of drug-likeness (QED) is 0.301. The smallest absolute Gasteiger partial charge is 0.264 e. The summed E-state index contributed by atoms with van der Waals surface area (Å²) in [4.78, 5) is 29.2. The first-order valence-electron chi connectivity index (χ1n) is 14.2. The molecule has 0 aromatic heterocycles. The van der Waals surface area contributed by atoms with Crippen LogP contribution in [0.2, 0.25) is 0 Å². The average Bonchev–Trinajstić information content (AvgIpc) is 2.95. The van der Waals surface area contributed by atoms with Crippen molar-refractivity contribution in [1.82, 2.24) is 10.2 Å². The van der Waals surface area contributed by atoms with Crippen LogP contribution in [0.15, 0.2) is 71.6 Å². The van der Waals surface area contributed by atoms with Gasteiger partial charge in [-0.15, -0.1) is 0 Å². The number of nitrogens with one attached hydrogen (secondary N) is 1. The maximum atomic E-state index is 14.3. The predicted molar refractivity (Wildman–Crippen MR) is 169 cm³/mol. The number of ether oxygens (including phenoxy) is 2. The Kier molecular flexibility index (Phi) is 10.9. The van der Waals surface area contributed by atoms with Crippen molar-refractivity contribution in [3.05, 3.63) is 83.4 Å². The average molecular weight is 610 g/mol. The summed E-state index contributed by atoms with van der Waals surface area (Å²) in [5.74, 6) is -0.114. The van der Waals surface area contributed by atoms with E-state index in [2.05, 4.69) is 5.32 Å². The molecule has 1 unspecified atom stereocenters. The van der Waals surface area contributed by atoms with Crippen molar-refractivity contribution in [2.45, 2.75) is 71.0 Å². The molecule has 1 atom stereocenters. The van der Waals surface area contributed by atoms with Crippen molar-refractivity contribution in [1.29, 1.82) is 0 Å². The number of nitrogens with zero attached hydrogens (tertiary/aromatic N) is 2. The van der Waals surface area contributed by atoms with Gasteiger partial charge in [0.25, 0.3) is 10.0 Å². The number of amides is 2. The van der Waals surface area contributed by atoms with Crippen LogP contribution < -0.4 is 19.1 Å². The molecule has 1 N–H and O–H groups in total.